The summed E-state index contributed by atoms with van der Waals surface area (Å²) in [6, 6.07) is 8.32. The highest BCUT2D eigenvalue weighted by Gasteiger charge is 2.69. The molecule has 276 valence electrons. The lowest BCUT2D eigenvalue weighted by atomic mass is 9.33. The highest BCUT2D eigenvalue weighted by Crippen LogP contribution is 2.76. The average molecular weight is 706 g/mol. The van der Waals surface area contributed by atoms with Crippen molar-refractivity contribution in [3.63, 3.8) is 0 Å². The first kappa shape index (κ1) is 36.2. The van der Waals surface area contributed by atoms with Crippen LogP contribution in [0.3, 0.4) is 0 Å². The van der Waals surface area contributed by atoms with Crippen LogP contribution < -0.4 is 10.6 Å². The van der Waals surface area contributed by atoms with Gasteiger partial charge in [0, 0.05) is 30.7 Å². The zero-order valence-electron chi connectivity index (χ0n) is 31.7. The molecule has 4 saturated carbocycles. The molecular formula is C42H63N3O4S. The van der Waals surface area contributed by atoms with Gasteiger partial charge in [0.15, 0.2) is 15.6 Å². The molecule has 2 N–H and O–H groups in total. The Morgan fingerprint density at radius 2 is 1.56 bits per heavy atom. The second-order valence-corrected chi connectivity index (χ2v) is 21.0. The van der Waals surface area contributed by atoms with Gasteiger partial charge in [-0.1, -0.05) is 71.4 Å². The van der Waals surface area contributed by atoms with E-state index in [1.54, 1.807) is 6.92 Å². The Hall–Kier alpha value is -2.19. The highest BCUT2D eigenvalue weighted by atomic mass is 32.2. The maximum Gasteiger partial charge on any atom is 0.315 e. The summed E-state index contributed by atoms with van der Waals surface area (Å²) in [5.74, 6) is 3.09. The van der Waals surface area contributed by atoms with Gasteiger partial charge in [-0.05, 0) is 134 Å². The molecule has 5 aliphatic carbocycles. The molecule has 50 heavy (non-hydrogen) atoms. The minimum atomic E-state index is -2.87. The van der Waals surface area contributed by atoms with Crippen LogP contribution in [-0.4, -0.2) is 68.4 Å². The molecule has 0 aromatic heterocycles. The third-order valence-corrected chi connectivity index (χ3v) is 17.9. The standard InChI is InChI=1S/C42H63N3O4S/c1-29(46)30-10-12-31(13-11-30)32-16-19-39(4)35(38(32,2)3)17-20-41(6)36(39)15-14-33-34-9-7-18-42(34,22-21-40(33,41)5)44-37(47)43-23-8-24-45-25-27-50(48,49)28-26-45/h10-13,16,33-36H,7-9,14-15,17-28H2,1-6H3,(H2,43,44,47)/t33?,34-,35+,36-,39+,40-,41?,42+/m1/s1. The van der Waals surface area contributed by atoms with Crippen molar-refractivity contribution in [2.24, 2.45) is 45.3 Å². The molecular weight excluding hydrogens is 643 g/mol. The summed E-state index contributed by atoms with van der Waals surface area (Å²) in [6.07, 6.45) is 15.4. The van der Waals surface area contributed by atoms with Gasteiger partial charge in [-0.2, -0.15) is 0 Å². The molecule has 2 amide bonds. The van der Waals surface area contributed by atoms with Crippen molar-refractivity contribution in [1.29, 1.82) is 0 Å². The summed E-state index contributed by atoms with van der Waals surface area (Å²) in [5.41, 5.74) is 4.26. The van der Waals surface area contributed by atoms with Crippen LogP contribution in [0.25, 0.3) is 5.57 Å². The fourth-order valence-electron chi connectivity index (χ4n) is 13.5. The predicted molar refractivity (Wildman–Crippen MR) is 202 cm³/mol. The number of rotatable bonds is 7. The Kier molecular flexibility index (Phi) is 9.22. The maximum atomic E-state index is 13.4. The molecule has 7 nitrogen and oxygen atoms in total. The molecule has 8 atom stereocenters. The number of benzene rings is 1. The summed E-state index contributed by atoms with van der Waals surface area (Å²) in [6.45, 7) is 17.2. The van der Waals surface area contributed by atoms with E-state index in [9.17, 15) is 18.0 Å². The summed E-state index contributed by atoms with van der Waals surface area (Å²) in [4.78, 5) is 27.6. The number of nitrogens with one attached hydrogen (secondary N) is 2. The lowest BCUT2D eigenvalue weighted by Gasteiger charge is -2.72. The van der Waals surface area contributed by atoms with Gasteiger partial charge in [-0.15, -0.1) is 0 Å². The topological polar surface area (TPSA) is 95.6 Å². The zero-order chi connectivity index (χ0) is 35.7. The fraction of sp³-hybridized carbons (Fsp3) is 0.762. The van der Waals surface area contributed by atoms with E-state index in [0.717, 1.165) is 37.8 Å². The molecule has 1 aliphatic heterocycles. The molecule has 0 spiro atoms. The SMILES string of the molecule is CC(=O)c1ccc(C2=CC[C@@]3(C)[C@@H](CCC4(C)[C@@H]3CCC3[C@H]5CCC[C@]5(NC(=O)NCCCN5CCS(=O)(=O)CC5)CC[C@]34C)C2(C)C)cc1. The van der Waals surface area contributed by atoms with Crippen LogP contribution in [-0.2, 0) is 9.84 Å². The summed E-state index contributed by atoms with van der Waals surface area (Å²) in [7, 11) is -2.87. The molecule has 8 heteroatoms. The monoisotopic (exact) mass is 705 g/mol. The second kappa shape index (κ2) is 12.7. The number of ketones is 1. The fourth-order valence-corrected chi connectivity index (χ4v) is 14.8. The number of carbonyl (C=O) groups is 2. The Labute approximate surface area is 302 Å². The van der Waals surface area contributed by atoms with Crippen molar-refractivity contribution < 1.29 is 18.0 Å². The van der Waals surface area contributed by atoms with Crippen LogP contribution in [0.5, 0.6) is 0 Å². The highest BCUT2D eigenvalue weighted by molar-refractivity contribution is 7.91. The van der Waals surface area contributed by atoms with Gasteiger partial charge in [0.25, 0.3) is 0 Å². The van der Waals surface area contributed by atoms with Gasteiger partial charge in [-0.3, -0.25) is 4.79 Å². The first-order valence-corrected chi connectivity index (χ1v) is 21.7. The van der Waals surface area contributed by atoms with Gasteiger partial charge < -0.3 is 15.5 Å². The third-order valence-electron chi connectivity index (χ3n) is 16.3. The molecule has 0 bridgehead atoms. The lowest BCUT2D eigenvalue weighted by molar-refractivity contribution is -0.216. The Balaban J connectivity index is 1.04. The molecule has 1 aromatic carbocycles. The Morgan fingerprint density at radius 1 is 0.840 bits per heavy atom. The van der Waals surface area contributed by atoms with Crippen LogP contribution in [0.4, 0.5) is 4.79 Å². The maximum absolute atomic E-state index is 13.4. The molecule has 1 heterocycles. The molecule has 7 rings (SSSR count). The van der Waals surface area contributed by atoms with Crippen LogP contribution >= 0.6 is 0 Å². The normalized spacial score (nSPS) is 40.3. The lowest BCUT2D eigenvalue weighted by Crippen LogP contribution is -2.68. The van der Waals surface area contributed by atoms with E-state index in [0.29, 0.717) is 43.3 Å². The predicted octanol–water partition coefficient (Wildman–Crippen LogP) is 7.91. The number of urea groups is 1. The van der Waals surface area contributed by atoms with Crippen molar-refractivity contribution >= 4 is 27.2 Å². The number of amides is 2. The van der Waals surface area contributed by atoms with Crippen LogP contribution in [0.1, 0.15) is 128 Å². The van der Waals surface area contributed by atoms with Crippen LogP contribution in [0.2, 0.25) is 0 Å². The number of carbonyl (C=O) groups excluding carboxylic acids is 2. The first-order valence-electron chi connectivity index (χ1n) is 19.9. The molecule has 1 saturated heterocycles. The van der Waals surface area contributed by atoms with Crippen LogP contribution in [0, 0.1) is 45.3 Å². The van der Waals surface area contributed by atoms with Gasteiger partial charge in [0.1, 0.15) is 0 Å². The molecule has 6 aliphatic rings. The van der Waals surface area contributed by atoms with Crippen molar-refractivity contribution in [2.45, 2.75) is 118 Å². The Bertz CT molecular complexity index is 1620. The van der Waals surface area contributed by atoms with E-state index in [1.807, 2.05) is 12.1 Å². The van der Waals surface area contributed by atoms with E-state index in [-0.39, 0.29) is 50.5 Å². The quantitative estimate of drug-likeness (QED) is 0.222. The number of fused-ring (bicyclic) bond motifs is 7. The number of Topliss-reactive ketones (excluding diaryl/α,β-unsaturated/α-hetero) is 1. The second-order valence-electron chi connectivity index (χ2n) is 18.7. The van der Waals surface area contributed by atoms with Crippen molar-refractivity contribution in [3.05, 3.63) is 41.5 Å². The van der Waals surface area contributed by atoms with E-state index in [1.165, 1.54) is 56.1 Å². The first-order chi connectivity index (χ1) is 23.5. The molecule has 0 radical (unpaired) electrons. The number of allylic oxidation sites excluding steroid dienone is 2. The van der Waals surface area contributed by atoms with Crippen LogP contribution in [0.15, 0.2) is 30.3 Å². The van der Waals surface area contributed by atoms with Gasteiger partial charge in [0.05, 0.1) is 11.5 Å². The number of hydrogen-bond acceptors (Lipinski definition) is 5. The van der Waals surface area contributed by atoms with Crippen molar-refractivity contribution in [1.82, 2.24) is 15.5 Å². The summed E-state index contributed by atoms with van der Waals surface area (Å²) >= 11 is 0. The molecule has 1 aromatic rings. The van der Waals surface area contributed by atoms with E-state index in [4.69, 9.17) is 0 Å². The number of hydrogen-bond donors (Lipinski definition) is 2. The van der Waals surface area contributed by atoms with Gasteiger partial charge >= 0.3 is 6.03 Å². The van der Waals surface area contributed by atoms with Crippen molar-refractivity contribution in [2.75, 3.05) is 37.7 Å². The van der Waals surface area contributed by atoms with E-state index in [2.05, 4.69) is 68.4 Å². The molecule has 5 fully saturated rings. The number of sulfone groups is 1. The van der Waals surface area contributed by atoms with E-state index >= 15 is 0 Å². The molecule has 2 unspecified atom stereocenters. The van der Waals surface area contributed by atoms with Gasteiger partial charge in [0.2, 0.25) is 0 Å². The summed E-state index contributed by atoms with van der Waals surface area (Å²) < 4.78 is 23.5. The third kappa shape index (κ3) is 5.81. The van der Waals surface area contributed by atoms with E-state index < -0.39 is 9.84 Å². The van der Waals surface area contributed by atoms with Gasteiger partial charge in [-0.25, -0.2) is 13.2 Å². The number of nitrogens with zero attached hydrogens (tertiary/aromatic N) is 1. The minimum Gasteiger partial charge on any atom is -0.338 e. The average Bonchev–Trinajstić information content (AvgIpc) is 3.47. The smallest absolute Gasteiger partial charge is 0.315 e. The zero-order valence-corrected chi connectivity index (χ0v) is 32.5. The van der Waals surface area contributed by atoms with Crippen molar-refractivity contribution in [3.8, 4) is 0 Å². The summed E-state index contributed by atoms with van der Waals surface area (Å²) in [5, 5.41) is 6.78. The Morgan fingerprint density at radius 3 is 2.26 bits per heavy atom. The minimum absolute atomic E-state index is 0.0161. The largest absolute Gasteiger partial charge is 0.338 e.